The summed E-state index contributed by atoms with van der Waals surface area (Å²) in [5.41, 5.74) is 7.11. The molecule has 0 atom stereocenters. The molecule has 0 aliphatic rings. The van der Waals surface area contributed by atoms with Crippen molar-refractivity contribution in [1.82, 2.24) is 0 Å². The first-order valence-electron chi connectivity index (χ1n) is 5.20. The molecule has 0 unspecified atom stereocenters. The second kappa shape index (κ2) is 4.93. The first-order valence-corrected chi connectivity index (χ1v) is 5.20. The summed E-state index contributed by atoms with van der Waals surface area (Å²) in [5.74, 6) is -0.702. The van der Waals surface area contributed by atoms with Gasteiger partial charge >= 0.3 is 0 Å². The quantitative estimate of drug-likeness (QED) is 0.856. The second-order valence-corrected chi connectivity index (χ2v) is 3.65. The number of nitrogens with two attached hydrogens (primary N) is 1. The number of halogens is 2. The molecule has 2 aromatic carbocycles. The van der Waals surface area contributed by atoms with E-state index in [0.717, 1.165) is 5.56 Å². The summed E-state index contributed by atoms with van der Waals surface area (Å²) >= 11 is 0. The van der Waals surface area contributed by atoms with Gasteiger partial charge in [0.25, 0.3) is 0 Å². The van der Waals surface area contributed by atoms with Gasteiger partial charge in [0, 0.05) is 12.2 Å². The molecule has 0 fully saturated rings. The van der Waals surface area contributed by atoms with Crippen molar-refractivity contribution in [2.24, 2.45) is 5.73 Å². The van der Waals surface area contributed by atoms with Crippen LogP contribution in [0.5, 0.6) is 0 Å². The lowest BCUT2D eigenvalue weighted by molar-refractivity contribution is 0.627. The van der Waals surface area contributed by atoms with Crippen molar-refractivity contribution < 1.29 is 8.78 Å². The summed E-state index contributed by atoms with van der Waals surface area (Å²) in [7, 11) is 0. The lowest BCUT2D eigenvalue weighted by Gasteiger charge is -2.08. The van der Waals surface area contributed by atoms with Gasteiger partial charge in [0.15, 0.2) is 0 Å². The van der Waals surface area contributed by atoms with Crippen LogP contribution in [0.25, 0.3) is 0 Å². The van der Waals surface area contributed by atoms with Crippen LogP contribution in [-0.4, -0.2) is 0 Å². The summed E-state index contributed by atoms with van der Waals surface area (Å²) in [6.45, 7) is 0.299. The Morgan fingerprint density at radius 3 is 2.29 bits per heavy atom. The van der Waals surface area contributed by atoms with Crippen LogP contribution in [0, 0.1) is 11.6 Å². The highest BCUT2D eigenvalue weighted by molar-refractivity contribution is 5.60. The van der Waals surface area contributed by atoms with Gasteiger partial charge in [-0.15, -0.1) is 0 Å². The Morgan fingerprint density at radius 2 is 1.71 bits per heavy atom. The van der Waals surface area contributed by atoms with Crippen molar-refractivity contribution in [2.75, 3.05) is 5.32 Å². The molecule has 0 aliphatic carbocycles. The average molecular weight is 234 g/mol. The van der Waals surface area contributed by atoms with Gasteiger partial charge in [0.1, 0.15) is 11.6 Å². The fraction of sp³-hybridized carbons (Fsp3) is 0.0769. The fourth-order valence-corrected chi connectivity index (χ4v) is 1.48. The minimum absolute atomic E-state index is 0.299. The van der Waals surface area contributed by atoms with Crippen LogP contribution in [0.4, 0.5) is 20.2 Å². The highest BCUT2D eigenvalue weighted by Crippen LogP contribution is 2.21. The third-order valence-electron chi connectivity index (χ3n) is 2.39. The Bertz CT molecular complexity index is 509. The Hall–Kier alpha value is -1.94. The van der Waals surface area contributed by atoms with E-state index in [1.807, 2.05) is 0 Å². The van der Waals surface area contributed by atoms with Crippen molar-refractivity contribution in [3.05, 3.63) is 59.7 Å². The van der Waals surface area contributed by atoms with Crippen LogP contribution in [-0.2, 0) is 6.54 Å². The molecule has 0 bridgehead atoms. The summed E-state index contributed by atoms with van der Waals surface area (Å²) in [6, 6.07) is 10.5. The molecule has 0 radical (unpaired) electrons. The van der Waals surface area contributed by atoms with E-state index in [2.05, 4.69) is 5.32 Å². The molecule has 88 valence electrons. The number of hydrogen-bond acceptors (Lipinski definition) is 2. The Morgan fingerprint density at radius 1 is 1.00 bits per heavy atom. The molecule has 17 heavy (non-hydrogen) atoms. The smallest absolute Gasteiger partial charge is 0.146 e. The summed E-state index contributed by atoms with van der Waals surface area (Å²) in [4.78, 5) is 0. The fourth-order valence-electron chi connectivity index (χ4n) is 1.48. The molecule has 0 aromatic heterocycles. The highest BCUT2D eigenvalue weighted by Gasteiger charge is 2.03. The van der Waals surface area contributed by atoms with Crippen molar-refractivity contribution in [3.8, 4) is 0 Å². The Labute approximate surface area is 98.1 Å². The van der Waals surface area contributed by atoms with E-state index >= 15 is 0 Å². The number of anilines is 2. The predicted octanol–water partition coefficient (Wildman–Crippen LogP) is 3.17. The molecule has 0 saturated heterocycles. The van der Waals surface area contributed by atoms with Crippen molar-refractivity contribution in [3.63, 3.8) is 0 Å². The van der Waals surface area contributed by atoms with E-state index in [9.17, 15) is 8.78 Å². The second-order valence-electron chi connectivity index (χ2n) is 3.65. The van der Waals surface area contributed by atoms with E-state index in [4.69, 9.17) is 5.73 Å². The Kier molecular flexibility index (Phi) is 3.35. The van der Waals surface area contributed by atoms with E-state index in [-0.39, 0.29) is 11.6 Å². The SMILES string of the molecule is NCc1ccc(Nc2ccc(F)cc2)c(F)c1. The topological polar surface area (TPSA) is 38.0 Å². The average Bonchev–Trinajstić information content (AvgIpc) is 2.34. The van der Waals surface area contributed by atoms with Gasteiger partial charge in [-0.25, -0.2) is 8.78 Å². The highest BCUT2D eigenvalue weighted by atomic mass is 19.1. The largest absolute Gasteiger partial charge is 0.353 e. The van der Waals surface area contributed by atoms with Crippen LogP contribution in [0.1, 0.15) is 5.56 Å². The normalized spacial score (nSPS) is 10.3. The van der Waals surface area contributed by atoms with Crippen LogP contribution in [0.3, 0.4) is 0 Å². The van der Waals surface area contributed by atoms with Gasteiger partial charge in [0.05, 0.1) is 5.69 Å². The zero-order chi connectivity index (χ0) is 12.3. The molecule has 0 spiro atoms. The molecule has 0 amide bonds. The van der Waals surface area contributed by atoms with E-state index in [1.165, 1.54) is 18.2 Å². The van der Waals surface area contributed by atoms with Crippen molar-refractivity contribution >= 4 is 11.4 Å². The molecule has 2 nitrogen and oxygen atoms in total. The van der Waals surface area contributed by atoms with Crippen LogP contribution in [0.2, 0.25) is 0 Å². The minimum Gasteiger partial charge on any atom is -0.353 e. The van der Waals surface area contributed by atoms with E-state index < -0.39 is 0 Å². The van der Waals surface area contributed by atoms with Crippen LogP contribution >= 0.6 is 0 Å². The maximum Gasteiger partial charge on any atom is 0.146 e. The number of benzene rings is 2. The van der Waals surface area contributed by atoms with Gasteiger partial charge < -0.3 is 11.1 Å². The predicted molar refractivity (Wildman–Crippen MR) is 64.0 cm³/mol. The molecule has 2 rings (SSSR count). The van der Waals surface area contributed by atoms with Crippen LogP contribution < -0.4 is 11.1 Å². The van der Waals surface area contributed by atoms with Gasteiger partial charge in [-0.05, 0) is 42.0 Å². The zero-order valence-electron chi connectivity index (χ0n) is 9.08. The van der Waals surface area contributed by atoms with E-state index in [1.54, 1.807) is 24.3 Å². The molecule has 0 saturated carbocycles. The first-order chi connectivity index (χ1) is 8.19. The molecule has 0 aliphatic heterocycles. The van der Waals surface area contributed by atoms with Gasteiger partial charge in [0.2, 0.25) is 0 Å². The lowest BCUT2D eigenvalue weighted by atomic mass is 10.2. The zero-order valence-corrected chi connectivity index (χ0v) is 9.08. The summed E-state index contributed by atoms with van der Waals surface area (Å²) in [5, 5.41) is 2.87. The number of nitrogens with one attached hydrogen (secondary N) is 1. The summed E-state index contributed by atoms with van der Waals surface area (Å²) in [6.07, 6.45) is 0. The maximum atomic E-state index is 13.6. The van der Waals surface area contributed by atoms with Gasteiger partial charge in [-0.3, -0.25) is 0 Å². The minimum atomic E-state index is -0.378. The van der Waals surface area contributed by atoms with Crippen molar-refractivity contribution in [1.29, 1.82) is 0 Å². The molecule has 4 heteroatoms. The standard InChI is InChI=1S/C13H12F2N2/c14-10-2-4-11(5-3-10)17-13-6-1-9(8-16)7-12(13)15/h1-7,17H,8,16H2. The molecule has 3 N–H and O–H groups in total. The third-order valence-corrected chi connectivity index (χ3v) is 2.39. The van der Waals surface area contributed by atoms with Gasteiger partial charge in [-0.2, -0.15) is 0 Å². The molecular formula is C13H12F2N2. The van der Waals surface area contributed by atoms with Gasteiger partial charge in [-0.1, -0.05) is 6.07 Å². The lowest BCUT2D eigenvalue weighted by Crippen LogP contribution is -1.99. The Balaban J connectivity index is 2.21. The molecule has 2 aromatic rings. The van der Waals surface area contributed by atoms with E-state index in [0.29, 0.717) is 17.9 Å². The maximum absolute atomic E-state index is 13.6. The van der Waals surface area contributed by atoms with Crippen LogP contribution in [0.15, 0.2) is 42.5 Å². The first kappa shape index (κ1) is 11.5. The van der Waals surface area contributed by atoms with Crippen molar-refractivity contribution in [2.45, 2.75) is 6.54 Å². The number of rotatable bonds is 3. The third kappa shape index (κ3) is 2.79. The molecular weight excluding hydrogens is 222 g/mol. The number of hydrogen-bond donors (Lipinski definition) is 2. The summed E-state index contributed by atoms with van der Waals surface area (Å²) < 4.78 is 26.3. The monoisotopic (exact) mass is 234 g/mol. The molecule has 0 heterocycles.